The van der Waals surface area contributed by atoms with Crippen LogP contribution in [0.3, 0.4) is 0 Å². The minimum Gasteiger partial charge on any atom is -0.288 e. The molecule has 1 N–H and O–H groups in total. The molecule has 7 heteroatoms. The summed E-state index contributed by atoms with van der Waals surface area (Å²) < 4.78 is 0. The zero-order valence-electron chi connectivity index (χ0n) is 11.3. The van der Waals surface area contributed by atoms with E-state index in [0.29, 0.717) is 26.7 Å². The number of aliphatic imine (C=N–C) groups is 1. The Kier molecular flexibility index (Phi) is 4.57. The van der Waals surface area contributed by atoms with E-state index in [1.54, 1.807) is 18.2 Å². The van der Waals surface area contributed by atoms with Crippen LogP contribution in [0.5, 0.6) is 0 Å². The van der Waals surface area contributed by atoms with Gasteiger partial charge in [0, 0.05) is 5.02 Å². The summed E-state index contributed by atoms with van der Waals surface area (Å²) in [5.41, 5.74) is 4.38. The average molecular weight is 352 g/mol. The number of rotatable bonds is 3. The number of para-hydroxylation sites is 1. The van der Waals surface area contributed by atoms with E-state index >= 15 is 0 Å². The van der Waals surface area contributed by atoms with Gasteiger partial charge in [-0.2, -0.15) is 5.01 Å². The van der Waals surface area contributed by atoms with Crippen molar-refractivity contribution in [3.63, 3.8) is 0 Å². The Hall–Kier alpha value is -1.69. The Labute approximate surface area is 142 Å². The van der Waals surface area contributed by atoms with Crippen molar-refractivity contribution in [3.8, 4) is 0 Å². The van der Waals surface area contributed by atoms with Gasteiger partial charge in [-0.25, -0.2) is 4.99 Å². The molecule has 1 saturated heterocycles. The van der Waals surface area contributed by atoms with Gasteiger partial charge in [0.1, 0.15) is 0 Å². The SMILES string of the molecule is O=C1CSC(=Nc2ccccc2)N1Nc1ccc(Cl)cc1Cl. The van der Waals surface area contributed by atoms with Crippen LogP contribution in [0, 0.1) is 0 Å². The van der Waals surface area contributed by atoms with Crippen LogP contribution in [0.25, 0.3) is 0 Å². The highest BCUT2D eigenvalue weighted by molar-refractivity contribution is 8.15. The number of benzene rings is 2. The number of carbonyl (C=O) groups excluding carboxylic acids is 1. The molecule has 22 heavy (non-hydrogen) atoms. The van der Waals surface area contributed by atoms with Crippen LogP contribution in [0.2, 0.25) is 10.0 Å². The maximum absolute atomic E-state index is 12.1. The second kappa shape index (κ2) is 6.60. The van der Waals surface area contributed by atoms with E-state index in [9.17, 15) is 4.79 Å². The number of hydrazine groups is 1. The van der Waals surface area contributed by atoms with Crippen molar-refractivity contribution in [2.45, 2.75) is 0 Å². The van der Waals surface area contributed by atoms with E-state index in [4.69, 9.17) is 23.2 Å². The number of amidine groups is 1. The van der Waals surface area contributed by atoms with Gasteiger partial charge in [0.05, 0.1) is 22.2 Å². The normalized spacial score (nSPS) is 16.4. The van der Waals surface area contributed by atoms with Gasteiger partial charge in [-0.3, -0.25) is 10.2 Å². The zero-order valence-corrected chi connectivity index (χ0v) is 13.6. The van der Waals surface area contributed by atoms with Crippen molar-refractivity contribution in [1.82, 2.24) is 5.01 Å². The highest BCUT2D eigenvalue weighted by Gasteiger charge is 2.29. The fourth-order valence-electron chi connectivity index (χ4n) is 1.87. The van der Waals surface area contributed by atoms with Crippen molar-refractivity contribution in [1.29, 1.82) is 0 Å². The van der Waals surface area contributed by atoms with Crippen LogP contribution in [0.15, 0.2) is 53.5 Å². The summed E-state index contributed by atoms with van der Waals surface area (Å²) in [6.07, 6.45) is 0. The molecule has 0 radical (unpaired) electrons. The van der Waals surface area contributed by atoms with Crippen LogP contribution >= 0.6 is 35.0 Å². The van der Waals surface area contributed by atoms with Crippen molar-refractivity contribution in [2.75, 3.05) is 11.2 Å². The van der Waals surface area contributed by atoms with E-state index in [2.05, 4.69) is 10.4 Å². The molecular weight excluding hydrogens is 341 g/mol. The minimum atomic E-state index is -0.0781. The van der Waals surface area contributed by atoms with Crippen molar-refractivity contribution < 1.29 is 4.79 Å². The molecule has 0 unspecified atom stereocenters. The summed E-state index contributed by atoms with van der Waals surface area (Å²) in [4.78, 5) is 16.5. The second-order valence-corrected chi connectivity index (χ2v) is 6.27. The first-order chi connectivity index (χ1) is 10.6. The van der Waals surface area contributed by atoms with Crippen molar-refractivity contribution >= 4 is 57.4 Å². The summed E-state index contributed by atoms with van der Waals surface area (Å²) in [6.45, 7) is 0. The number of nitrogens with one attached hydrogen (secondary N) is 1. The van der Waals surface area contributed by atoms with Gasteiger partial charge in [0.25, 0.3) is 5.91 Å². The minimum absolute atomic E-state index is 0.0781. The molecule has 0 bridgehead atoms. The predicted octanol–water partition coefficient (Wildman–Crippen LogP) is 4.58. The van der Waals surface area contributed by atoms with E-state index in [1.165, 1.54) is 16.8 Å². The molecule has 0 aromatic heterocycles. The molecule has 4 nitrogen and oxygen atoms in total. The Bertz CT molecular complexity index is 737. The zero-order chi connectivity index (χ0) is 15.5. The second-order valence-electron chi connectivity index (χ2n) is 4.48. The van der Waals surface area contributed by atoms with Gasteiger partial charge in [-0.05, 0) is 30.3 Å². The molecule has 3 rings (SSSR count). The maximum Gasteiger partial charge on any atom is 0.257 e. The molecule has 2 aromatic carbocycles. The third kappa shape index (κ3) is 3.38. The van der Waals surface area contributed by atoms with Crippen LogP contribution < -0.4 is 5.43 Å². The van der Waals surface area contributed by atoms with Gasteiger partial charge in [-0.15, -0.1) is 0 Å². The maximum atomic E-state index is 12.1. The van der Waals surface area contributed by atoms with Gasteiger partial charge >= 0.3 is 0 Å². The molecule has 1 heterocycles. The molecule has 0 saturated carbocycles. The Morgan fingerprint density at radius 1 is 1.14 bits per heavy atom. The Morgan fingerprint density at radius 3 is 2.64 bits per heavy atom. The summed E-state index contributed by atoms with van der Waals surface area (Å²) in [5.74, 6) is 0.259. The van der Waals surface area contributed by atoms with Gasteiger partial charge < -0.3 is 0 Å². The quantitative estimate of drug-likeness (QED) is 0.879. The smallest absolute Gasteiger partial charge is 0.257 e. The average Bonchev–Trinajstić information content (AvgIpc) is 2.84. The molecule has 1 aliphatic rings. The number of anilines is 1. The number of hydrogen-bond acceptors (Lipinski definition) is 4. The Morgan fingerprint density at radius 2 is 1.91 bits per heavy atom. The Balaban J connectivity index is 1.87. The molecule has 1 amide bonds. The molecule has 2 aromatic rings. The number of hydrogen-bond donors (Lipinski definition) is 1. The van der Waals surface area contributed by atoms with Crippen LogP contribution in [0.4, 0.5) is 11.4 Å². The van der Waals surface area contributed by atoms with Crippen LogP contribution in [-0.4, -0.2) is 21.8 Å². The van der Waals surface area contributed by atoms with E-state index in [-0.39, 0.29) is 5.91 Å². The number of nitrogens with zero attached hydrogens (tertiary/aromatic N) is 2. The lowest BCUT2D eigenvalue weighted by atomic mass is 10.3. The van der Waals surface area contributed by atoms with Gasteiger partial charge in [0.15, 0.2) is 5.17 Å². The third-order valence-electron chi connectivity index (χ3n) is 2.91. The number of amides is 1. The standard InChI is InChI=1S/C15H11Cl2N3OS/c16-10-6-7-13(12(17)8-10)19-20-14(21)9-22-15(20)18-11-4-2-1-3-5-11/h1-8,19H,9H2. The number of carbonyl (C=O) groups is 1. The monoisotopic (exact) mass is 351 g/mol. The van der Waals surface area contributed by atoms with Crippen LogP contribution in [-0.2, 0) is 4.79 Å². The summed E-state index contributed by atoms with van der Waals surface area (Å²) in [5, 5.41) is 2.97. The molecule has 1 fully saturated rings. The van der Waals surface area contributed by atoms with Crippen molar-refractivity contribution in [2.24, 2.45) is 4.99 Å². The third-order valence-corrected chi connectivity index (χ3v) is 4.38. The largest absolute Gasteiger partial charge is 0.288 e. The highest BCUT2D eigenvalue weighted by atomic mass is 35.5. The van der Waals surface area contributed by atoms with Crippen molar-refractivity contribution in [3.05, 3.63) is 58.6 Å². The molecule has 0 atom stereocenters. The molecule has 0 aliphatic carbocycles. The lowest BCUT2D eigenvalue weighted by Crippen LogP contribution is -2.35. The highest BCUT2D eigenvalue weighted by Crippen LogP contribution is 2.29. The van der Waals surface area contributed by atoms with E-state index in [1.807, 2.05) is 30.3 Å². The molecule has 1 aliphatic heterocycles. The summed E-state index contributed by atoms with van der Waals surface area (Å²) >= 11 is 13.4. The van der Waals surface area contributed by atoms with Crippen LogP contribution in [0.1, 0.15) is 0 Å². The topological polar surface area (TPSA) is 44.7 Å². The van der Waals surface area contributed by atoms with E-state index in [0.717, 1.165) is 5.69 Å². The lowest BCUT2D eigenvalue weighted by molar-refractivity contribution is -0.123. The molecule has 0 spiro atoms. The predicted molar refractivity (Wildman–Crippen MR) is 92.9 cm³/mol. The fraction of sp³-hybridized carbons (Fsp3) is 0.0667. The first-order valence-corrected chi connectivity index (χ1v) is 8.19. The summed E-state index contributed by atoms with van der Waals surface area (Å²) in [6, 6.07) is 14.5. The molecular formula is C15H11Cl2N3OS. The number of thioether (sulfide) groups is 1. The summed E-state index contributed by atoms with van der Waals surface area (Å²) in [7, 11) is 0. The number of halogens is 2. The first-order valence-electron chi connectivity index (χ1n) is 6.45. The fourth-order valence-corrected chi connectivity index (χ4v) is 3.15. The van der Waals surface area contributed by atoms with E-state index < -0.39 is 0 Å². The molecule has 112 valence electrons. The van der Waals surface area contributed by atoms with Gasteiger partial charge in [0.2, 0.25) is 0 Å². The van der Waals surface area contributed by atoms with Gasteiger partial charge in [-0.1, -0.05) is 53.2 Å². The lowest BCUT2D eigenvalue weighted by Gasteiger charge is -2.19. The first kappa shape index (κ1) is 15.2.